The molecule has 4 fully saturated rings. The molecule has 61 heavy (non-hydrogen) atoms. The van der Waals surface area contributed by atoms with Crippen LogP contribution in [0.1, 0.15) is 70.8 Å². The number of aromatic nitrogens is 4. The summed E-state index contributed by atoms with van der Waals surface area (Å²) in [6.07, 6.45) is 7.66. The van der Waals surface area contributed by atoms with Gasteiger partial charge in [-0.3, -0.25) is 39.1 Å². The number of amides is 5. The Bertz CT molecular complexity index is 2510. The van der Waals surface area contributed by atoms with E-state index in [2.05, 4.69) is 74.4 Å². The Kier molecular flexibility index (Phi) is 10.1. The summed E-state index contributed by atoms with van der Waals surface area (Å²) in [7, 11) is 0. The summed E-state index contributed by atoms with van der Waals surface area (Å²) in [5, 5.41) is 8.87. The maximum Gasteiger partial charge on any atom is 0.262 e. The zero-order valence-corrected chi connectivity index (χ0v) is 33.7. The molecule has 3 N–H and O–H groups in total. The molecule has 5 amide bonds. The average molecular weight is 822 g/mol. The molecule has 2 aromatic heterocycles. The Morgan fingerprint density at radius 3 is 2.21 bits per heavy atom. The van der Waals surface area contributed by atoms with Crippen molar-refractivity contribution in [2.45, 2.75) is 69.1 Å². The predicted molar refractivity (Wildman–Crippen MR) is 228 cm³/mol. The van der Waals surface area contributed by atoms with Gasteiger partial charge in [-0.25, -0.2) is 15.0 Å². The van der Waals surface area contributed by atoms with E-state index < -0.39 is 23.8 Å². The first-order valence-electron chi connectivity index (χ1n) is 21.2. The van der Waals surface area contributed by atoms with Crippen LogP contribution in [0.15, 0.2) is 85.5 Å². The van der Waals surface area contributed by atoms with Crippen LogP contribution in [-0.2, 0) is 20.8 Å². The maximum absolute atomic E-state index is 13.4. The fourth-order valence-corrected chi connectivity index (χ4v) is 9.59. The number of nitrogens with one attached hydrogen (secondary N) is 3. The fraction of sp³-hybridized carbons (Fsp3) is 0.378. The van der Waals surface area contributed by atoms with Gasteiger partial charge < -0.3 is 25.0 Å². The molecule has 0 spiro atoms. The highest BCUT2D eigenvalue weighted by Gasteiger charge is 2.45. The second-order valence-corrected chi connectivity index (χ2v) is 16.7. The van der Waals surface area contributed by atoms with Gasteiger partial charge in [0.05, 0.1) is 23.9 Å². The number of nitrogens with zero attached hydrogens (tertiary/aromatic N) is 8. The molecule has 1 aliphatic carbocycles. The molecule has 5 aromatic rings. The van der Waals surface area contributed by atoms with Gasteiger partial charge in [0.15, 0.2) is 17.0 Å². The van der Waals surface area contributed by atoms with E-state index in [4.69, 9.17) is 0 Å². The fourth-order valence-electron chi connectivity index (χ4n) is 9.59. The third-order valence-electron chi connectivity index (χ3n) is 13.0. The number of imide groups is 2. The standard InChI is InChI=1S/C45H47N11O5/c57-38-13-12-37(43(59)51-38)56-44(60)35-11-10-33(25-36(35)45(56)61)52-16-14-32(15-17-52)54-20-18-53(19-21-54)31-8-6-29(7-9-31)50-41-40-42(47-26-46-41)55(27-48-40)34-23-30(24-34)49-39(58)22-28-4-2-1-3-5-28/h1-11,25-27,30,32,34,37H,12-24H2,(H,49,58)(H,46,47,50)(H,51,57,59)/t30?,34?,37-/m0/s1. The van der Waals surface area contributed by atoms with Gasteiger partial charge in [0.1, 0.15) is 12.4 Å². The number of piperazine rings is 1. The van der Waals surface area contributed by atoms with Crippen LogP contribution in [0.2, 0.25) is 0 Å². The van der Waals surface area contributed by atoms with Gasteiger partial charge in [-0.15, -0.1) is 0 Å². The van der Waals surface area contributed by atoms with E-state index in [-0.39, 0.29) is 36.7 Å². The van der Waals surface area contributed by atoms with Crippen molar-refractivity contribution in [1.29, 1.82) is 0 Å². The van der Waals surface area contributed by atoms with Gasteiger partial charge in [-0.1, -0.05) is 30.3 Å². The van der Waals surface area contributed by atoms with Gasteiger partial charge in [0, 0.05) is 80.9 Å². The smallest absolute Gasteiger partial charge is 0.262 e. The number of carbonyl (C=O) groups is 5. The number of hydrogen-bond donors (Lipinski definition) is 3. The Hall–Kier alpha value is -6.68. The predicted octanol–water partition coefficient (Wildman–Crippen LogP) is 3.82. The van der Waals surface area contributed by atoms with Crippen LogP contribution < -0.4 is 25.8 Å². The molecule has 3 aromatic carbocycles. The number of piperidine rings is 2. The molecule has 0 unspecified atom stereocenters. The minimum Gasteiger partial charge on any atom is -0.371 e. The van der Waals surface area contributed by atoms with E-state index in [1.807, 2.05) is 42.7 Å². The highest BCUT2D eigenvalue weighted by molar-refractivity contribution is 6.23. The van der Waals surface area contributed by atoms with Crippen molar-refractivity contribution in [2.75, 3.05) is 54.4 Å². The van der Waals surface area contributed by atoms with Crippen LogP contribution >= 0.6 is 0 Å². The topological polar surface area (TPSA) is 178 Å². The van der Waals surface area contributed by atoms with Crippen molar-refractivity contribution in [1.82, 2.24) is 40.0 Å². The lowest BCUT2D eigenvalue weighted by Gasteiger charge is -2.44. The average Bonchev–Trinajstić information content (AvgIpc) is 3.80. The molecule has 3 saturated heterocycles. The van der Waals surface area contributed by atoms with Gasteiger partial charge in [-0.05, 0) is 80.1 Å². The van der Waals surface area contributed by atoms with E-state index in [1.165, 1.54) is 5.69 Å². The molecule has 312 valence electrons. The van der Waals surface area contributed by atoms with Gasteiger partial charge in [0.25, 0.3) is 11.8 Å². The molecule has 4 aliphatic heterocycles. The van der Waals surface area contributed by atoms with Gasteiger partial charge >= 0.3 is 0 Å². The molecule has 1 saturated carbocycles. The highest BCUT2D eigenvalue weighted by atomic mass is 16.2. The zero-order chi connectivity index (χ0) is 41.6. The van der Waals surface area contributed by atoms with E-state index in [0.29, 0.717) is 34.9 Å². The monoisotopic (exact) mass is 821 g/mol. The molecule has 0 radical (unpaired) electrons. The lowest BCUT2D eigenvalue weighted by atomic mass is 9.86. The van der Waals surface area contributed by atoms with Gasteiger partial charge in [-0.2, -0.15) is 0 Å². The van der Waals surface area contributed by atoms with E-state index >= 15 is 0 Å². The number of imidazole rings is 1. The van der Waals surface area contributed by atoms with E-state index in [9.17, 15) is 24.0 Å². The molecule has 5 aliphatic rings. The molecule has 16 heteroatoms. The Balaban J connectivity index is 0.692. The van der Waals surface area contributed by atoms with Crippen LogP contribution in [0.5, 0.6) is 0 Å². The van der Waals surface area contributed by atoms with Crippen LogP contribution in [0.25, 0.3) is 11.2 Å². The first-order chi connectivity index (χ1) is 29.8. The summed E-state index contributed by atoms with van der Waals surface area (Å²) < 4.78 is 2.09. The van der Waals surface area contributed by atoms with E-state index in [1.54, 1.807) is 18.5 Å². The third-order valence-corrected chi connectivity index (χ3v) is 13.0. The molecular weight excluding hydrogens is 775 g/mol. The molecule has 1 atom stereocenters. The van der Waals surface area contributed by atoms with Gasteiger partial charge in [0.2, 0.25) is 17.7 Å². The molecule has 6 heterocycles. The lowest BCUT2D eigenvalue weighted by molar-refractivity contribution is -0.136. The summed E-state index contributed by atoms with van der Waals surface area (Å²) in [6.45, 7) is 5.48. The Labute approximate surface area is 352 Å². The largest absolute Gasteiger partial charge is 0.371 e. The molecule has 10 rings (SSSR count). The van der Waals surface area contributed by atoms with Crippen molar-refractivity contribution < 1.29 is 24.0 Å². The number of rotatable bonds is 10. The number of anilines is 4. The van der Waals surface area contributed by atoms with Crippen molar-refractivity contribution >= 4 is 63.6 Å². The van der Waals surface area contributed by atoms with E-state index in [0.717, 1.165) is 92.4 Å². The molecule has 0 bridgehead atoms. The molecule has 16 nitrogen and oxygen atoms in total. The number of hydrogen-bond acceptors (Lipinski definition) is 12. The summed E-state index contributed by atoms with van der Waals surface area (Å²) in [5.41, 5.74) is 6.10. The van der Waals surface area contributed by atoms with Crippen molar-refractivity contribution in [2.24, 2.45) is 0 Å². The first kappa shape index (κ1) is 38.5. The second kappa shape index (κ2) is 16.1. The zero-order valence-electron chi connectivity index (χ0n) is 33.7. The number of benzene rings is 3. The Morgan fingerprint density at radius 2 is 1.46 bits per heavy atom. The minimum absolute atomic E-state index is 0.0424. The third kappa shape index (κ3) is 7.56. The normalized spacial score (nSPS) is 22.3. The summed E-state index contributed by atoms with van der Waals surface area (Å²) in [6, 6.07) is 23.4. The quantitative estimate of drug-likeness (QED) is 0.174. The highest BCUT2D eigenvalue weighted by Crippen LogP contribution is 2.36. The van der Waals surface area contributed by atoms with Crippen LogP contribution in [0.3, 0.4) is 0 Å². The maximum atomic E-state index is 13.4. The lowest BCUT2D eigenvalue weighted by Crippen LogP contribution is -2.54. The minimum atomic E-state index is -0.970. The number of fused-ring (bicyclic) bond motifs is 2. The summed E-state index contributed by atoms with van der Waals surface area (Å²) in [4.78, 5) is 85.3. The van der Waals surface area contributed by atoms with Crippen molar-refractivity contribution in [3.8, 4) is 0 Å². The number of carbonyl (C=O) groups excluding carboxylic acids is 5. The van der Waals surface area contributed by atoms with Crippen LogP contribution in [0.4, 0.5) is 22.9 Å². The first-order valence-corrected chi connectivity index (χ1v) is 21.2. The second-order valence-electron chi connectivity index (χ2n) is 16.7. The Morgan fingerprint density at radius 1 is 0.738 bits per heavy atom. The summed E-state index contributed by atoms with van der Waals surface area (Å²) in [5.74, 6) is -1.26. The van der Waals surface area contributed by atoms with Crippen molar-refractivity contribution in [3.05, 3.63) is 102 Å². The van der Waals surface area contributed by atoms with Crippen LogP contribution in [-0.4, -0.2) is 116 Å². The molecular formula is C45H47N11O5. The summed E-state index contributed by atoms with van der Waals surface area (Å²) >= 11 is 0. The van der Waals surface area contributed by atoms with Crippen molar-refractivity contribution in [3.63, 3.8) is 0 Å². The van der Waals surface area contributed by atoms with Crippen LogP contribution in [0, 0.1) is 0 Å². The SMILES string of the molecule is O=C1CC[C@H](N2C(=O)c3ccc(N4CCC(N5CCN(c6ccc(Nc7ncnc8c7ncn8C7CC(NC(=O)Cc8ccccc8)C7)cc6)CC5)CC4)cc3C2=O)C(=O)N1.